The van der Waals surface area contributed by atoms with Crippen LogP contribution < -0.4 is 14.8 Å². The Hall–Kier alpha value is -3.65. The van der Waals surface area contributed by atoms with Crippen LogP contribution in [-0.4, -0.2) is 110 Å². The lowest BCUT2D eigenvalue weighted by Crippen LogP contribution is -2.52. The smallest absolute Gasteiger partial charge is 0.272 e. The summed E-state index contributed by atoms with van der Waals surface area (Å²) in [7, 11) is 1.58. The van der Waals surface area contributed by atoms with E-state index in [1.54, 1.807) is 6.07 Å². The molecule has 0 bridgehead atoms. The number of para-hydroxylation sites is 1. The van der Waals surface area contributed by atoms with E-state index >= 15 is 0 Å². The van der Waals surface area contributed by atoms with Gasteiger partial charge in [-0.15, -0.1) is 0 Å². The number of amides is 2. The van der Waals surface area contributed by atoms with Crippen LogP contribution in [0.1, 0.15) is 48.8 Å². The molecule has 0 spiro atoms. The van der Waals surface area contributed by atoms with Gasteiger partial charge in [-0.05, 0) is 48.2 Å². The zero-order valence-corrected chi connectivity index (χ0v) is 28.6. The first-order chi connectivity index (χ1) is 21.6. The van der Waals surface area contributed by atoms with Crippen LogP contribution in [0.2, 0.25) is 0 Å². The number of aliphatic hydroxyl groups excluding tert-OH is 1. The third-order valence-electron chi connectivity index (χ3n) is 8.96. The summed E-state index contributed by atoms with van der Waals surface area (Å²) in [6.45, 7) is 9.92. The molecule has 250 valence electrons. The second-order valence-electron chi connectivity index (χ2n) is 13.6. The third-order valence-corrected chi connectivity index (χ3v) is 9.55. The van der Waals surface area contributed by atoms with Crippen LogP contribution in [0.25, 0.3) is 10.9 Å². The van der Waals surface area contributed by atoms with E-state index in [2.05, 4.69) is 21.0 Å². The number of aryl methyl sites for hydroxylation is 1. The number of anilines is 2. The van der Waals surface area contributed by atoms with Gasteiger partial charge in [0.25, 0.3) is 5.91 Å². The van der Waals surface area contributed by atoms with E-state index in [1.807, 2.05) is 73.5 Å². The highest BCUT2D eigenvalue weighted by Gasteiger charge is 2.37. The van der Waals surface area contributed by atoms with E-state index in [-0.39, 0.29) is 34.7 Å². The largest absolute Gasteiger partial charge is 0.492 e. The lowest BCUT2D eigenvalue weighted by Gasteiger charge is -2.37. The predicted molar refractivity (Wildman–Crippen MR) is 180 cm³/mol. The molecule has 0 radical (unpaired) electrons. The monoisotopic (exact) mass is 654 g/mol. The van der Waals surface area contributed by atoms with Gasteiger partial charge < -0.3 is 24.6 Å². The molecule has 0 saturated carbocycles. The lowest BCUT2D eigenvalue weighted by molar-refractivity contribution is -0.137. The quantitative estimate of drug-likeness (QED) is 0.338. The van der Waals surface area contributed by atoms with Crippen LogP contribution in [0.5, 0.6) is 5.75 Å². The van der Waals surface area contributed by atoms with E-state index in [4.69, 9.17) is 4.74 Å². The standard InChI is InChI=1S/C33H46N6O6S/c1-33(2,3)23-16-25(30(45-6)26(17-23)35-46(7,43)44)34-31(41)27-15-21-9-8-10-22(29(21)37(27)5)19-38-11-13-39(14-12-38)32(42)28-18-24(40)20-36(28)4/h8-10,15-17,24,28,35,40H,11-14,18-20H2,1-7H3,(H,34,41)/t24-,28-/m1/s1. The normalized spacial score (nSPS) is 19.9. The average molecular weight is 655 g/mol. The molecule has 2 atom stereocenters. The van der Waals surface area contributed by atoms with Crippen molar-refractivity contribution in [3.8, 4) is 5.75 Å². The molecule has 2 fully saturated rings. The highest BCUT2D eigenvalue weighted by molar-refractivity contribution is 7.92. The van der Waals surface area contributed by atoms with Gasteiger partial charge in [-0.1, -0.05) is 39.0 Å². The van der Waals surface area contributed by atoms with Crippen LogP contribution in [-0.2, 0) is 33.8 Å². The summed E-state index contributed by atoms with van der Waals surface area (Å²) in [6, 6.07) is 11.2. The van der Waals surface area contributed by atoms with Gasteiger partial charge in [0.05, 0.1) is 42.4 Å². The van der Waals surface area contributed by atoms with Crippen molar-refractivity contribution in [1.29, 1.82) is 0 Å². The molecule has 2 aliphatic heterocycles. The topological polar surface area (TPSA) is 136 Å². The van der Waals surface area contributed by atoms with Crippen molar-refractivity contribution in [2.75, 3.05) is 63.2 Å². The second kappa shape index (κ2) is 12.9. The van der Waals surface area contributed by atoms with Crippen molar-refractivity contribution >= 4 is 44.1 Å². The van der Waals surface area contributed by atoms with E-state index in [0.29, 0.717) is 44.0 Å². The first-order valence-corrected chi connectivity index (χ1v) is 17.4. The van der Waals surface area contributed by atoms with E-state index in [9.17, 15) is 23.1 Å². The van der Waals surface area contributed by atoms with Gasteiger partial charge in [-0.3, -0.25) is 24.1 Å². The molecule has 1 aromatic heterocycles. The van der Waals surface area contributed by atoms with Crippen molar-refractivity contribution in [2.45, 2.75) is 51.3 Å². The summed E-state index contributed by atoms with van der Waals surface area (Å²) < 4.78 is 34.3. The van der Waals surface area contributed by atoms with Crippen molar-refractivity contribution in [3.05, 3.63) is 53.2 Å². The Balaban J connectivity index is 1.35. The molecule has 2 aliphatic rings. The minimum Gasteiger partial charge on any atom is -0.492 e. The number of likely N-dealkylation sites (tertiary alicyclic amines) is 1. The number of fused-ring (bicyclic) bond motifs is 1. The summed E-state index contributed by atoms with van der Waals surface area (Å²) in [5.74, 6) is -0.0455. The Bertz CT molecular complexity index is 1740. The van der Waals surface area contributed by atoms with E-state index < -0.39 is 16.1 Å². The number of methoxy groups -OCH3 is 1. The van der Waals surface area contributed by atoms with Gasteiger partial charge in [0.2, 0.25) is 15.9 Å². The summed E-state index contributed by atoms with van der Waals surface area (Å²) in [5, 5.41) is 13.9. The Morgan fingerprint density at radius 2 is 1.72 bits per heavy atom. The summed E-state index contributed by atoms with van der Waals surface area (Å²) in [6.07, 6.45) is 1.10. The number of β-amino-alcohol motifs (C(OH)–C–C–N with tert-alkyl or cyclic N) is 1. The molecule has 0 aliphatic carbocycles. The molecule has 3 N–H and O–H groups in total. The zero-order chi connectivity index (χ0) is 33.6. The van der Waals surface area contributed by atoms with Gasteiger partial charge in [-0.25, -0.2) is 8.42 Å². The SMILES string of the molecule is COc1c(NC(=O)c2cc3cccc(CN4CCN(C(=O)[C@H]5C[C@@H](O)CN5C)CC4)c3n2C)cc(C(C)(C)C)cc1NS(C)(=O)=O. The number of nitrogens with zero attached hydrogens (tertiary/aromatic N) is 4. The third kappa shape index (κ3) is 7.17. The maximum Gasteiger partial charge on any atom is 0.272 e. The van der Waals surface area contributed by atoms with Gasteiger partial charge in [-0.2, -0.15) is 0 Å². The average Bonchev–Trinajstić information content (AvgIpc) is 3.49. The number of sulfonamides is 1. The molecule has 12 nitrogen and oxygen atoms in total. The van der Waals surface area contributed by atoms with Crippen molar-refractivity contribution < 1.29 is 27.9 Å². The van der Waals surface area contributed by atoms with E-state index in [1.165, 1.54) is 7.11 Å². The molecule has 2 aromatic carbocycles. The maximum atomic E-state index is 13.8. The van der Waals surface area contributed by atoms with Crippen molar-refractivity contribution in [1.82, 2.24) is 19.3 Å². The Kier molecular flexibility index (Phi) is 9.42. The molecule has 0 unspecified atom stereocenters. The molecule has 3 heterocycles. The van der Waals surface area contributed by atoms with Gasteiger partial charge in [0, 0.05) is 51.7 Å². The number of aromatic nitrogens is 1. The highest BCUT2D eigenvalue weighted by Crippen LogP contribution is 2.39. The summed E-state index contributed by atoms with van der Waals surface area (Å²) in [5.41, 5.74) is 3.57. The summed E-state index contributed by atoms with van der Waals surface area (Å²) >= 11 is 0. The second-order valence-corrected chi connectivity index (χ2v) is 15.3. The van der Waals surface area contributed by atoms with Crippen molar-refractivity contribution in [2.24, 2.45) is 7.05 Å². The number of nitrogens with one attached hydrogen (secondary N) is 2. The number of ether oxygens (including phenoxy) is 1. The highest BCUT2D eigenvalue weighted by atomic mass is 32.2. The molecular formula is C33H46N6O6S. The number of benzene rings is 2. The Morgan fingerprint density at radius 3 is 2.30 bits per heavy atom. The lowest BCUT2D eigenvalue weighted by atomic mass is 9.86. The fourth-order valence-electron chi connectivity index (χ4n) is 6.52. The first-order valence-electron chi connectivity index (χ1n) is 15.5. The number of hydrogen-bond acceptors (Lipinski definition) is 8. The fourth-order valence-corrected chi connectivity index (χ4v) is 7.07. The van der Waals surface area contributed by atoms with Crippen LogP contribution in [0.4, 0.5) is 11.4 Å². The van der Waals surface area contributed by atoms with Crippen LogP contribution in [0.15, 0.2) is 36.4 Å². The van der Waals surface area contributed by atoms with E-state index in [0.717, 1.165) is 41.4 Å². The fraction of sp³-hybridized carbons (Fsp3) is 0.515. The minimum atomic E-state index is -3.61. The number of rotatable bonds is 8. The number of carbonyl (C=O) groups excluding carboxylic acids is 2. The predicted octanol–water partition coefficient (Wildman–Crippen LogP) is 2.82. The molecular weight excluding hydrogens is 608 g/mol. The maximum absolute atomic E-state index is 13.8. The summed E-state index contributed by atoms with van der Waals surface area (Å²) in [4.78, 5) is 33.0. The minimum absolute atomic E-state index is 0.0859. The number of hydrogen-bond donors (Lipinski definition) is 3. The van der Waals surface area contributed by atoms with Crippen LogP contribution in [0, 0.1) is 0 Å². The van der Waals surface area contributed by atoms with Crippen LogP contribution >= 0.6 is 0 Å². The van der Waals surface area contributed by atoms with Gasteiger partial charge in [0.15, 0.2) is 5.75 Å². The molecule has 2 saturated heterocycles. The van der Waals surface area contributed by atoms with Crippen LogP contribution in [0.3, 0.4) is 0 Å². The van der Waals surface area contributed by atoms with Gasteiger partial charge in [0.1, 0.15) is 5.69 Å². The molecule has 5 rings (SSSR count). The first kappa shape index (κ1) is 33.7. The number of carbonyl (C=O) groups is 2. The molecule has 2 amide bonds. The molecule has 3 aromatic rings. The van der Waals surface area contributed by atoms with Crippen molar-refractivity contribution in [3.63, 3.8) is 0 Å². The molecule has 46 heavy (non-hydrogen) atoms. The Morgan fingerprint density at radius 1 is 1.04 bits per heavy atom. The number of aliphatic hydroxyl groups is 1. The zero-order valence-electron chi connectivity index (χ0n) is 27.8. The Labute approximate surface area is 271 Å². The van der Waals surface area contributed by atoms with Gasteiger partial charge >= 0.3 is 0 Å². The number of piperazine rings is 1. The number of likely N-dealkylation sites (N-methyl/N-ethyl adjacent to an activating group) is 1. The molecule has 13 heteroatoms.